The second kappa shape index (κ2) is 6.67. The predicted octanol–water partition coefficient (Wildman–Crippen LogP) is 3.55. The minimum atomic E-state index is -0.338. The van der Waals surface area contributed by atoms with Crippen molar-refractivity contribution in [3.8, 4) is 0 Å². The van der Waals surface area contributed by atoms with E-state index in [-0.39, 0.29) is 17.3 Å². The van der Waals surface area contributed by atoms with Crippen molar-refractivity contribution in [2.75, 3.05) is 28.2 Å². The van der Waals surface area contributed by atoms with Crippen LogP contribution in [0.4, 0.5) is 17.1 Å². The van der Waals surface area contributed by atoms with Crippen LogP contribution in [0.1, 0.15) is 19.8 Å². The average molecular weight is 347 g/mol. The maximum Gasteiger partial charge on any atom is 0.263 e. The lowest BCUT2D eigenvalue weighted by Crippen LogP contribution is -2.40. The van der Waals surface area contributed by atoms with Crippen molar-refractivity contribution in [2.45, 2.75) is 19.8 Å². The molecule has 2 aromatic carbocycles. The minimum Gasteiger partial charge on any atom is -0.325 e. The standard InChI is InChI=1S/C21H21N3O2/c1-2-13-23-16-10-6-7-11-17(16)24-14-12-18(25)19(21(23)24)20(26)22-15-8-4-3-5-9-15/h3-11H,2,12-14H2,1H3,(H,22,26). The lowest BCUT2D eigenvalue weighted by atomic mass is 10.0. The van der Waals surface area contributed by atoms with Crippen molar-refractivity contribution in [1.29, 1.82) is 0 Å². The first-order chi connectivity index (χ1) is 12.7. The molecule has 0 aliphatic carbocycles. The summed E-state index contributed by atoms with van der Waals surface area (Å²) in [6, 6.07) is 17.3. The highest BCUT2D eigenvalue weighted by Crippen LogP contribution is 2.44. The smallest absolute Gasteiger partial charge is 0.263 e. The number of ketones is 1. The Bertz CT molecular complexity index is 889. The van der Waals surface area contributed by atoms with E-state index in [1.54, 1.807) is 0 Å². The second-order valence-corrected chi connectivity index (χ2v) is 6.48. The molecule has 0 aromatic heterocycles. The SMILES string of the molecule is CCCN1C2=C(C(=O)Nc3ccccc3)C(=O)CCN2c2ccccc21. The summed E-state index contributed by atoms with van der Waals surface area (Å²) in [5, 5.41) is 2.87. The quantitative estimate of drug-likeness (QED) is 0.860. The van der Waals surface area contributed by atoms with E-state index in [4.69, 9.17) is 0 Å². The number of rotatable bonds is 4. The van der Waals surface area contributed by atoms with Gasteiger partial charge in [-0.15, -0.1) is 0 Å². The van der Waals surface area contributed by atoms with Crippen LogP contribution in [0.3, 0.4) is 0 Å². The third-order valence-corrected chi connectivity index (χ3v) is 4.75. The van der Waals surface area contributed by atoms with Gasteiger partial charge in [0.25, 0.3) is 5.91 Å². The normalized spacial score (nSPS) is 15.8. The van der Waals surface area contributed by atoms with E-state index in [0.29, 0.717) is 18.7 Å². The first kappa shape index (κ1) is 16.4. The number of fused-ring (bicyclic) bond motifs is 3. The Labute approximate surface area is 152 Å². The Kier molecular flexibility index (Phi) is 4.21. The fourth-order valence-corrected chi connectivity index (χ4v) is 3.65. The molecule has 4 rings (SSSR count). The monoisotopic (exact) mass is 347 g/mol. The number of hydrogen-bond donors (Lipinski definition) is 1. The lowest BCUT2D eigenvalue weighted by molar-refractivity contribution is -0.120. The number of carbonyl (C=O) groups excluding carboxylic acids is 2. The summed E-state index contributed by atoms with van der Waals surface area (Å²) in [7, 11) is 0. The first-order valence-electron chi connectivity index (χ1n) is 8.98. The van der Waals surface area contributed by atoms with E-state index >= 15 is 0 Å². The molecule has 0 bridgehead atoms. The Morgan fingerprint density at radius 2 is 1.73 bits per heavy atom. The molecule has 2 aliphatic rings. The highest BCUT2D eigenvalue weighted by molar-refractivity contribution is 6.25. The van der Waals surface area contributed by atoms with Crippen LogP contribution in [0, 0.1) is 0 Å². The zero-order valence-electron chi connectivity index (χ0n) is 14.7. The zero-order valence-corrected chi connectivity index (χ0v) is 14.7. The number of nitrogens with zero attached hydrogens (tertiary/aromatic N) is 2. The number of hydrogen-bond acceptors (Lipinski definition) is 4. The van der Waals surface area contributed by atoms with Gasteiger partial charge in [-0.2, -0.15) is 0 Å². The summed E-state index contributed by atoms with van der Waals surface area (Å²) in [6.07, 6.45) is 1.27. The van der Waals surface area contributed by atoms with Gasteiger partial charge >= 0.3 is 0 Å². The van der Waals surface area contributed by atoms with E-state index < -0.39 is 0 Å². The molecule has 5 heteroatoms. The largest absolute Gasteiger partial charge is 0.325 e. The summed E-state index contributed by atoms with van der Waals surface area (Å²) < 4.78 is 0. The molecular weight excluding hydrogens is 326 g/mol. The van der Waals surface area contributed by atoms with Crippen molar-refractivity contribution in [3.05, 3.63) is 66.0 Å². The van der Waals surface area contributed by atoms with E-state index in [9.17, 15) is 9.59 Å². The highest BCUT2D eigenvalue weighted by atomic mass is 16.2. The van der Waals surface area contributed by atoms with Crippen LogP contribution in [0.5, 0.6) is 0 Å². The van der Waals surface area contributed by atoms with Crippen molar-refractivity contribution < 1.29 is 9.59 Å². The number of nitrogens with one attached hydrogen (secondary N) is 1. The summed E-state index contributed by atoms with van der Waals surface area (Å²) in [5.74, 6) is 0.283. The van der Waals surface area contributed by atoms with Crippen molar-refractivity contribution in [2.24, 2.45) is 0 Å². The molecule has 0 unspecified atom stereocenters. The van der Waals surface area contributed by atoms with Gasteiger partial charge in [0.1, 0.15) is 11.4 Å². The van der Waals surface area contributed by atoms with Crippen LogP contribution in [-0.2, 0) is 9.59 Å². The molecule has 5 nitrogen and oxygen atoms in total. The predicted molar refractivity (Wildman–Crippen MR) is 103 cm³/mol. The van der Waals surface area contributed by atoms with Gasteiger partial charge in [0.05, 0.1) is 11.4 Å². The number of carbonyl (C=O) groups is 2. The molecule has 132 valence electrons. The molecule has 2 aromatic rings. The van der Waals surface area contributed by atoms with Crippen LogP contribution in [0.2, 0.25) is 0 Å². The van der Waals surface area contributed by atoms with Gasteiger partial charge in [-0.25, -0.2) is 0 Å². The van der Waals surface area contributed by atoms with Gasteiger partial charge in [-0.1, -0.05) is 37.3 Å². The lowest BCUT2D eigenvalue weighted by Gasteiger charge is -2.30. The molecule has 0 saturated heterocycles. The van der Waals surface area contributed by atoms with Crippen molar-refractivity contribution >= 4 is 28.8 Å². The second-order valence-electron chi connectivity index (χ2n) is 6.48. The summed E-state index contributed by atoms with van der Waals surface area (Å²) in [4.78, 5) is 29.9. The molecular formula is C21H21N3O2. The molecule has 0 radical (unpaired) electrons. The number of benzene rings is 2. The van der Waals surface area contributed by atoms with E-state index in [1.165, 1.54) is 0 Å². The fraction of sp³-hybridized carbons (Fsp3) is 0.238. The van der Waals surface area contributed by atoms with Gasteiger partial charge < -0.3 is 15.1 Å². The summed E-state index contributed by atoms with van der Waals surface area (Å²) in [5.41, 5.74) is 3.07. The molecule has 2 heterocycles. The summed E-state index contributed by atoms with van der Waals surface area (Å²) >= 11 is 0. The average Bonchev–Trinajstić information content (AvgIpc) is 2.97. The molecule has 1 amide bonds. The zero-order chi connectivity index (χ0) is 18.1. The molecule has 0 atom stereocenters. The molecule has 1 N–H and O–H groups in total. The number of anilines is 3. The molecule has 0 fully saturated rings. The first-order valence-corrected chi connectivity index (χ1v) is 8.98. The molecule has 0 spiro atoms. The Balaban J connectivity index is 1.79. The summed E-state index contributed by atoms with van der Waals surface area (Å²) in [6.45, 7) is 3.46. The maximum absolute atomic E-state index is 13.0. The van der Waals surface area contributed by atoms with Crippen LogP contribution in [0.25, 0.3) is 0 Å². The number of Topliss-reactive ketones (excluding diaryl/α,β-unsaturated/α-hetero) is 1. The van der Waals surface area contributed by atoms with Gasteiger partial charge in [0.15, 0.2) is 5.78 Å². The van der Waals surface area contributed by atoms with E-state index in [0.717, 1.165) is 30.2 Å². The fourth-order valence-electron chi connectivity index (χ4n) is 3.65. The third-order valence-electron chi connectivity index (χ3n) is 4.75. The van der Waals surface area contributed by atoms with Gasteiger partial charge in [-0.3, -0.25) is 9.59 Å². The Hall–Kier alpha value is -3.08. The third kappa shape index (κ3) is 2.65. The van der Waals surface area contributed by atoms with Crippen molar-refractivity contribution in [1.82, 2.24) is 0 Å². The van der Waals surface area contributed by atoms with Gasteiger partial charge in [-0.05, 0) is 30.7 Å². The minimum absolute atomic E-state index is 0.0985. The van der Waals surface area contributed by atoms with Crippen LogP contribution in [-0.4, -0.2) is 24.8 Å². The van der Waals surface area contributed by atoms with Gasteiger partial charge in [0, 0.05) is 25.2 Å². The maximum atomic E-state index is 13.0. The Morgan fingerprint density at radius 1 is 1.04 bits per heavy atom. The van der Waals surface area contributed by atoms with Crippen LogP contribution < -0.4 is 15.1 Å². The van der Waals surface area contributed by atoms with Crippen LogP contribution >= 0.6 is 0 Å². The molecule has 26 heavy (non-hydrogen) atoms. The van der Waals surface area contributed by atoms with Gasteiger partial charge in [0.2, 0.25) is 0 Å². The molecule has 2 aliphatic heterocycles. The number of amides is 1. The van der Waals surface area contributed by atoms with E-state index in [1.807, 2.05) is 54.6 Å². The van der Waals surface area contributed by atoms with E-state index in [2.05, 4.69) is 22.0 Å². The topological polar surface area (TPSA) is 52.7 Å². The Morgan fingerprint density at radius 3 is 2.46 bits per heavy atom. The van der Waals surface area contributed by atoms with Crippen LogP contribution in [0.15, 0.2) is 66.0 Å². The number of para-hydroxylation sites is 3. The highest BCUT2D eigenvalue weighted by Gasteiger charge is 2.40. The van der Waals surface area contributed by atoms with Crippen molar-refractivity contribution in [3.63, 3.8) is 0 Å². The molecule has 0 saturated carbocycles.